The molecule has 0 spiro atoms. The van der Waals surface area contributed by atoms with Gasteiger partial charge in [-0.2, -0.15) is 0 Å². The second kappa shape index (κ2) is 4.88. The van der Waals surface area contributed by atoms with E-state index in [1.165, 1.54) is 12.8 Å². The van der Waals surface area contributed by atoms with E-state index in [-0.39, 0.29) is 5.78 Å². The molecule has 0 aliphatic heterocycles. The minimum atomic E-state index is 0.135. The van der Waals surface area contributed by atoms with Crippen LogP contribution in [-0.4, -0.2) is 37.4 Å². The van der Waals surface area contributed by atoms with Crippen LogP contribution < -0.4 is 4.74 Å². The van der Waals surface area contributed by atoms with Crippen LogP contribution in [0.1, 0.15) is 28.8 Å². The van der Waals surface area contributed by atoms with Crippen LogP contribution in [0, 0.1) is 6.92 Å². The Labute approximate surface area is 102 Å². The average molecular weight is 233 g/mol. The molecule has 1 aromatic rings. The van der Waals surface area contributed by atoms with Crippen LogP contribution in [0.5, 0.6) is 5.75 Å². The van der Waals surface area contributed by atoms with Gasteiger partial charge in [0.05, 0.1) is 19.2 Å². The van der Waals surface area contributed by atoms with Gasteiger partial charge in [0.2, 0.25) is 0 Å². The molecule has 1 aliphatic carbocycles. The third-order valence-electron chi connectivity index (χ3n) is 3.22. The molecular weight excluding hydrogens is 214 g/mol. The summed E-state index contributed by atoms with van der Waals surface area (Å²) in [7, 11) is 3.62. The summed E-state index contributed by atoms with van der Waals surface area (Å²) < 4.78 is 5.27. The molecule has 0 atom stereocenters. The van der Waals surface area contributed by atoms with Gasteiger partial charge in [0.1, 0.15) is 5.75 Å². The van der Waals surface area contributed by atoms with Gasteiger partial charge in [-0.15, -0.1) is 0 Å². The van der Waals surface area contributed by atoms with Crippen molar-refractivity contribution in [3.05, 3.63) is 29.3 Å². The smallest absolute Gasteiger partial charge is 0.180 e. The number of carbonyl (C=O) groups is 1. The van der Waals surface area contributed by atoms with E-state index in [4.69, 9.17) is 4.74 Å². The van der Waals surface area contributed by atoms with Crippen LogP contribution in [0.3, 0.4) is 0 Å². The average Bonchev–Trinajstić information content (AvgIpc) is 3.12. The molecule has 1 fully saturated rings. The Kier molecular flexibility index (Phi) is 3.48. The lowest BCUT2D eigenvalue weighted by molar-refractivity contribution is 0.0939. The van der Waals surface area contributed by atoms with Crippen molar-refractivity contribution in [3.63, 3.8) is 0 Å². The number of likely N-dealkylation sites (N-methyl/N-ethyl adjacent to an activating group) is 1. The number of aryl methyl sites for hydroxylation is 1. The van der Waals surface area contributed by atoms with E-state index in [1.54, 1.807) is 7.11 Å². The van der Waals surface area contributed by atoms with Crippen molar-refractivity contribution in [2.45, 2.75) is 25.8 Å². The van der Waals surface area contributed by atoms with Crippen molar-refractivity contribution in [3.8, 4) is 5.75 Å². The summed E-state index contributed by atoms with van der Waals surface area (Å²) in [5.74, 6) is 0.815. The number of hydrogen-bond donors (Lipinski definition) is 0. The Hall–Kier alpha value is -1.35. The van der Waals surface area contributed by atoms with Crippen LogP contribution in [0.2, 0.25) is 0 Å². The van der Waals surface area contributed by atoms with Crippen LogP contribution in [0.25, 0.3) is 0 Å². The van der Waals surface area contributed by atoms with Gasteiger partial charge < -0.3 is 4.74 Å². The van der Waals surface area contributed by atoms with Crippen molar-refractivity contribution >= 4 is 5.78 Å². The number of ketones is 1. The predicted octanol–water partition coefficient (Wildman–Crippen LogP) is 2.28. The summed E-state index contributed by atoms with van der Waals surface area (Å²) in [4.78, 5) is 14.3. The molecule has 0 heterocycles. The van der Waals surface area contributed by atoms with Crippen LogP contribution in [0.15, 0.2) is 18.2 Å². The maximum Gasteiger partial charge on any atom is 0.180 e. The molecule has 17 heavy (non-hydrogen) atoms. The van der Waals surface area contributed by atoms with Gasteiger partial charge in [-0.1, -0.05) is 6.07 Å². The number of hydrogen-bond acceptors (Lipinski definition) is 3. The molecule has 1 saturated carbocycles. The molecule has 3 nitrogen and oxygen atoms in total. The number of rotatable bonds is 5. The van der Waals surface area contributed by atoms with Crippen molar-refractivity contribution in [1.29, 1.82) is 0 Å². The lowest BCUT2D eigenvalue weighted by Crippen LogP contribution is -2.28. The zero-order valence-electron chi connectivity index (χ0n) is 10.7. The first-order chi connectivity index (χ1) is 8.11. The molecule has 0 amide bonds. The zero-order chi connectivity index (χ0) is 12.4. The molecule has 2 rings (SSSR count). The lowest BCUT2D eigenvalue weighted by Gasteiger charge is -2.15. The van der Waals surface area contributed by atoms with Crippen LogP contribution in [-0.2, 0) is 0 Å². The highest BCUT2D eigenvalue weighted by molar-refractivity contribution is 6.00. The number of benzene rings is 1. The van der Waals surface area contributed by atoms with E-state index < -0.39 is 0 Å². The second-order valence-corrected chi connectivity index (χ2v) is 4.77. The molecule has 0 aromatic heterocycles. The lowest BCUT2D eigenvalue weighted by atomic mass is 10.1. The third-order valence-corrected chi connectivity index (χ3v) is 3.22. The summed E-state index contributed by atoms with van der Waals surface area (Å²) in [5.41, 5.74) is 1.79. The second-order valence-electron chi connectivity index (χ2n) is 4.77. The van der Waals surface area contributed by atoms with E-state index in [0.29, 0.717) is 23.9 Å². The van der Waals surface area contributed by atoms with Crippen molar-refractivity contribution in [1.82, 2.24) is 4.90 Å². The molecule has 1 aromatic carbocycles. The fourth-order valence-electron chi connectivity index (χ4n) is 1.98. The van der Waals surface area contributed by atoms with E-state index in [0.717, 1.165) is 5.56 Å². The number of carbonyl (C=O) groups excluding carboxylic acids is 1. The number of nitrogens with zero attached hydrogens (tertiary/aromatic N) is 1. The van der Waals surface area contributed by atoms with Crippen molar-refractivity contribution in [2.24, 2.45) is 0 Å². The highest BCUT2D eigenvalue weighted by atomic mass is 16.5. The first-order valence-corrected chi connectivity index (χ1v) is 6.00. The molecule has 0 N–H and O–H groups in total. The summed E-state index contributed by atoms with van der Waals surface area (Å²) in [5, 5.41) is 0. The van der Waals surface area contributed by atoms with Gasteiger partial charge in [-0.05, 0) is 44.5 Å². The van der Waals surface area contributed by atoms with Crippen LogP contribution in [0.4, 0.5) is 0 Å². The highest BCUT2D eigenvalue weighted by Crippen LogP contribution is 2.26. The molecule has 0 unspecified atom stereocenters. The van der Waals surface area contributed by atoms with Gasteiger partial charge >= 0.3 is 0 Å². The van der Waals surface area contributed by atoms with Gasteiger partial charge in [-0.3, -0.25) is 9.69 Å². The predicted molar refractivity (Wildman–Crippen MR) is 67.7 cm³/mol. The fraction of sp³-hybridized carbons (Fsp3) is 0.500. The van der Waals surface area contributed by atoms with E-state index >= 15 is 0 Å². The zero-order valence-corrected chi connectivity index (χ0v) is 10.7. The highest BCUT2D eigenvalue weighted by Gasteiger charge is 2.28. The van der Waals surface area contributed by atoms with Gasteiger partial charge in [0.15, 0.2) is 5.78 Å². The maximum absolute atomic E-state index is 12.2. The third kappa shape index (κ3) is 2.86. The number of methoxy groups -OCH3 is 1. The Morgan fingerprint density at radius 2 is 2.18 bits per heavy atom. The molecule has 1 aliphatic rings. The fourth-order valence-corrected chi connectivity index (χ4v) is 1.98. The summed E-state index contributed by atoms with van der Waals surface area (Å²) in [6, 6.07) is 6.32. The summed E-state index contributed by atoms with van der Waals surface area (Å²) in [6.45, 7) is 2.47. The molecule has 0 bridgehead atoms. The Morgan fingerprint density at radius 3 is 2.76 bits per heavy atom. The van der Waals surface area contributed by atoms with Gasteiger partial charge in [0.25, 0.3) is 0 Å². The number of Topliss-reactive ketones (excluding diaryl/α,β-unsaturated/α-hetero) is 1. The first-order valence-electron chi connectivity index (χ1n) is 6.00. The van der Waals surface area contributed by atoms with E-state index in [9.17, 15) is 4.79 Å². The van der Waals surface area contributed by atoms with Gasteiger partial charge in [-0.25, -0.2) is 0 Å². The summed E-state index contributed by atoms with van der Waals surface area (Å²) >= 11 is 0. The van der Waals surface area contributed by atoms with Crippen molar-refractivity contribution in [2.75, 3.05) is 20.7 Å². The quantitative estimate of drug-likeness (QED) is 0.731. The SMILES string of the molecule is COc1cc(C)ccc1C(=O)CN(C)C1CC1. The number of ether oxygens (including phenoxy) is 1. The molecular formula is C14H19NO2. The molecule has 0 radical (unpaired) electrons. The molecule has 92 valence electrons. The van der Waals surface area contributed by atoms with E-state index in [1.807, 2.05) is 32.2 Å². The monoisotopic (exact) mass is 233 g/mol. The summed E-state index contributed by atoms with van der Waals surface area (Å²) in [6.07, 6.45) is 2.43. The minimum absolute atomic E-state index is 0.135. The Bertz CT molecular complexity index is 424. The maximum atomic E-state index is 12.2. The van der Waals surface area contributed by atoms with Crippen molar-refractivity contribution < 1.29 is 9.53 Å². The van der Waals surface area contributed by atoms with Crippen LogP contribution >= 0.6 is 0 Å². The normalized spacial score (nSPS) is 15.1. The molecule has 3 heteroatoms. The Morgan fingerprint density at radius 1 is 1.47 bits per heavy atom. The molecule has 0 saturated heterocycles. The minimum Gasteiger partial charge on any atom is -0.496 e. The largest absolute Gasteiger partial charge is 0.496 e. The van der Waals surface area contributed by atoms with E-state index in [2.05, 4.69) is 4.90 Å². The van der Waals surface area contributed by atoms with Gasteiger partial charge in [0, 0.05) is 6.04 Å². The Balaban J connectivity index is 2.12. The first kappa shape index (κ1) is 12.1. The standard InChI is InChI=1S/C14H19NO2/c1-10-4-7-12(14(8-10)17-3)13(16)9-15(2)11-5-6-11/h4,7-8,11H,5-6,9H2,1-3H3. The topological polar surface area (TPSA) is 29.5 Å².